The van der Waals surface area contributed by atoms with Gasteiger partial charge in [-0.3, -0.25) is 4.68 Å². The van der Waals surface area contributed by atoms with E-state index >= 15 is 0 Å². The van der Waals surface area contributed by atoms with Crippen LogP contribution in [0.25, 0.3) is 0 Å². The molecule has 0 unspecified atom stereocenters. The van der Waals surface area contributed by atoms with Crippen LogP contribution in [0.4, 0.5) is 0 Å². The molecular formula is C14H15BrN2O3. The first kappa shape index (κ1) is 14.6. The number of hydrogen-bond donors (Lipinski definition) is 1. The van der Waals surface area contributed by atoms with E-state index in [9.17, 15) is 4.79 Å². The van der Waals surface area contributed by atoms with Crippen molar-refractivity contribution in [3.63, 3.8) is 0 Å². The van der Waals surface area contributed by atoms with E-state index in [1.54, 1.807) is 10.9 Å². The Morgan fingerprint density at radius 3 is 2.65 bits per heavy atom. The van der Waals surface area contributed by atoms with Crippen LogP contribution in [0.1, 0.15) is 19.4 Å². The van der Waals surface area contributed by atoms with Crippen LogP contribution >= 0.6 is 15.9 Å². The number of carbonyl (C=O) groups is 1. The van der Waals surface area contributed by atoms with Gasteiger partial charge in [0.25, 0.3) is 0 Å². The molecule has 1 aromatic carbocycles. The van der Waals surface area contributed by atoms with Crippen LogP contribution in [-0.2, 0) is 11.3 Å². The summed E-state index contributed by atoms with van der Waals surface area (Å²) in [6, 6.07) is 9.86. The summed E-state index contributed by atoms with van der Waals surface area (Å²) >= 11 is 3.33. The zero-order valence-corrected chi connectivity index (χ0v) is 12.8. The fourth-order valence-electron chi connectivity index (χ4n) is 1.59. The van der Waals surface area contributed by atoms with Crippen molar-refractivity contribution in [1.29, 1.82) is 0 Å². The summed E-state index contributed by atoms with van der Waals surface area (Å²) in [5.41, 5.74) is -0.222. The molecule has 0 bridgehead atoms. The number of carboxylic acid groups (broad SMARTS) is 1. The maximum atomic E-state index is 11.1. The molecule has 0 atom stereocenters. The second-order valence-corrected chi connectivity index (χ2v) is 5.74. The van der Waals surface area contributed by atoms with Crippen molar-refractivity contribution < 1.29 is 14.6 Å². The summed E-state index contributed by atoms with van der Waals surface area (Å²) in [5, 5.41) is 13.3. The van der Waals surface area contributed by atoms with E-state index in [0.717, 1.165) is 5.56 Å². The van der Waals surface area contributed by atoms with E-state index in [4.69, 9.17) is 9.84 Å². The Hall–Kier alpha value is -1.82. The molecule has 20 heavy (non-hydrogen) atoms. The van der Waals surface area contributed by atoms with E-state index in [2.05, 4.69) is 21.0 Å². The van der Waals surface area contributed by atoms with Crippen molar-refractivity contribution in [1.82, 2.24) is 9.78 Å². The van der Waals surface area contributed by atoms with Crippen molar-refractivity contribution in [3.8, 4) is 5.88 Å². The fraction of sp³-hybridized carbons (Fsp3) is 0.286. The van der Waals surface area contributed by atoms with Gasteiger partial charge in [-0.25, -0.2) is 4.79 Å². The highest BCUT2D eigenvalue weighted by Gasteiger charge is 2.31. The van der Waals surface area contributed by atoms with Gasteiger partial charge in [-0.2, -0.15) is 0 Å². The van der Waals surface area contributed by atoms with Gasteiger partial charge >= 0.3 is 5.97 Å². The molecule has 0 spiro atoms. The van der Waals surface area contributed by atoms with Crippen LogP contribution in [0, 0.1) is 0 Å². The third kappa shape index (κ3) is 3.39. The quantitative estimate of drug-likeness (QED) is 0.910. The highest BCUT2D eigenvalue weighted by molar-refractivity contribution is 9.10. The average Bonchev–Trinajstić information content (AvgIpc) is 2.70. The molecule has 2 rings (SSSR count). The third-order valence-electron chi connectivity index (χ3n) is 2.74. The average molecular weight is 339 g/mol. The first-order valence-corrected chi connectivity index (χ1v) is 6.87. The van der Waals surface area contributed by atoms with Gasteiger partial charge in [0, 0.05) is 6.20 Å². The van der Waals surface area contributed by atoms with Crippen LogP contribution in [0.15, 0.2) is 41.0 Å². The van der Waals surface area contributed by atoms with Crippen LogP contribution in [0.2, 0.25) is 0 Å². The molecule has 0 saturated carbocycles. The Labute approximate surface area is 125 Å². The Balaban J connectivity index is 2.16. The van der Waals surface area contributed by atoms with E-state index in [0.29, 0.717) is 11.0 Å². The number of hydrogen-bond acceptors (Lipinski definition) is 3. The molecule has 1 N–H and O–H groups in total. The maximum absolute atomic E-state index is 11.1. The van der Waals surface area contributed by atoms with Crippen LogP contribution in [-0.4, -0.2) is 26.5 Å². The van der Waals surface area contributed by atoms with Crippen LogP contribution in [0.5, 0.6) is 5.88 Å². The van der Waals surface area contributed by atoms with Crippen molar-refractivity contribution in [3.05, 3.63) is 46.6 Å². The lowest BCUT2D eigenvalue weighted by Crippen LogP contribution is -2.38. The van der Waals surface area contributed by atoms with Crippen molar-refractivity contribution in [2.24, 2.45) is 0 Å². The van der Waals surface area contributed by atoms with Gasteiger partial charge in [0.1, 0.15) is 0 Å². The molecule has 2 aromatic rings. The monoisotopic (exact) mass is 338 g/mol. The highest BCUT2D eigenvalue weighted by atomic mass is 79.9. The number of ether oxygens (including phenoxy) is 1. The summed E-state index contributed by atoms with van der Waals surface area (Å²) in [5.74, 6) is -0.768. The predicted octanol–water partition coefficient (Wildman–Crippen LogP) is 2.94. The van der Waals surface area contributed by atoms with Crippen molar-refractivity contribution >= 4 is 21.9 Å². The van der Waals surface area contributed by atoms with Gasteiger partial charge in [0.05, 0.1) is 11.0 Å². The summed E-state index contributed by atoms with van der Waals surface area (Å²) in [6.45, 7) is 3.56. The lowest BCUT2D eigenvalue weighted by molar-refractivity contribution is -0.152. The Morgan fingerprint density at radius 1 is 1.40 bits per heavy atom. The first-order valence-electron chi connectivity index (χ1n) is 6.08. The molecule has 0 aliphatic heterocycles. The third-order valence-corrected chi connectivity index (χ3v) is 3.28. The molecule has 0 aliphatic carbocycles. The lowest BCUT2D eigenvalue weighted by Gasteiger charge is -2.19. The van der Waals surface area contributed by atoms with Gasteiger partial charge in [-0.05, 0) is 35.3 Å². The minimum atomic E-state index is -1.32. The zero-order chi connectivity index (χ0) is 14.8. The molecule has 0 fully saturated rings. The van der Waals surface area contributed by atoms with Gasteiger partial charge < -0.3 is 9.84 Å². The van der Waals surface area contributed by atoms with Crippen LogP contribution < -0.4 is 4.74 Å². The molecule has 0 aliphatic rings. The number of aliphatic carboxylic acids is 1. The second kappa shape index (κ2) is 5.66. The molecule has 1 heterocycles. The molecular weight excluding hydrogens is 324 g/mol. The molecule has 1 aromatic heterocycles. The summed E-state index contributed by atoms with van der Waals surface area (Å²) in [7, 11) is 0. The number of benzene rings is 1. The number of rotatable bonds is 5. The highest BCUT2D eigenvalue weighted by Crippen LogP contribution is 2.26. The predicted molar refractivity (Wildman–Crippen MR) is 77.8 cm³/mol. The summed E-state index contributed by atoms with van der Waals surface area (Å²) in [4.78, 5) is 11.1. The maximum Gasteiger partial charge on any atom is 0.347 e. The van der Waals surface area contributed by atoms with Gasteiger partial charge in [0.2, 0.25) is 11.5 Å². The molecule has 6 heteroatoms. The normalized spacial score (nSPS) is 11.3. The summed E-state index contributed by atoms with van der Waals surface area (Å²) < 4.78 is 7.76. The number of aromatic nitrogens is 2. The second-order valence-electron chi connectivity index (χ2n) is 4.88. The van der Waals surface area contributed by atoms with E-state index < -0.39 is 11.6 Å². The van der Waals surface area contributed by atoms with E-state index in [1.165, 1.54) is 13.8 Å². The number of carboxylic acids is 1. The van der Waals surface area contributed by atoms with Crippen molar-refractivity contribution in [2.75, 3.05) is 0 Å². The molecule has 0 saturated heterocycles. The van der Waals surface area contributed by atoms with Gasteiger partial charge in [-0.15, -0.1) is 5.10 Å². The molecule has 5 nitrogen and oxygen atoms in total. The van der Waals surface area contributed by atoms with Gasteiger partial charge in [-0.1, -0.05) is 30.3 Å². The SMILES string of the molecule is CC(C)(Oc1nn(Cc2ccccc2)cc1Br)C(=O)O. The fourth-order valence-corrected chi connectivity index (χ4v) is 1.98. The standard InChI is InChI=1S/C14H15BrN2O3/c1-14(2,13(18)19)20-12-11(15)9-17(16-12)8-10-6-4-3-5-7-10/h3-7,9H,8H2,1-2H3,(H,18,19). The smallest absolute Gasteiger partial charge is 0.347 e. The zero-order valence-electron chi connectivity index (χ0n) is 11.2. The number of nitrogens with zero attached hydrogens (tertiary/aromatic N) is 2. The lowest BCUT2D eigenvalue weighted by atomic mass is 10.1. The minimum absolute atomic E-state index is 0.272. The minimum Gasteiger partial charge on any atom is -0.478 e. The topological polar surface area (TPSA) is 64.4 Å². The molecule has 106 valence electrons. The van der Waals surface area contributed by atoms with Gasteiger partial charge in [0.15, 0.2) is 0 Å². The van der Waals surface area contributed by atoms with Crippen molar-refractivity contribution in [2.45, 2.75) is 26.0 Å². The van der Waals surface area contributed by atoms with Crippen LogP contribution in [0.3, 0.4) is 0 Å². The van der Waals surface area contributed by atoms with E-state index in [1.807, 2.05) is 30.3 Å². The Morgan fingerprint density at radius 2 is 2.05 bits per heavy atom. The molecule has 0 amide bonds. The molecule has 0 radical (unpaired) electrons. The summed E-state index contributed by atoms with van der Waals surface area (Å²) in [6.07, 6.45) is 1.76. The number of halogens is 1. The first-order chi connectivity index (χ1) is 9.38. The Kier molecular flexibility index (Phi) is 4.13. The Bertz CT molecular complexity index is 608. The largest absolute Gasteiger partial charge is 0.478 e. The van der Waals surface area contributed by atoms with E-state index in [-0.39, 0.29) is 5.88 Å².